The molecular formula is C16H18N2O5S2. The second kappa shape index (κ2) is 7.01. The van der Waals surface area contributed by atoms with Gasteiger partial charge in [-0.1, -0.05) is 0 Å². The Morgan fingerprint density at radius 2 is 2.04 bits per heavy atom. The highest BCUT2D eigenvalue weighted by atomic mass is 32.2. The fourth-order valence-corrected chi connectivity index (χ4v) is 5.12. The van der Waals surface area contributed by atoms with Crippen LogP contribution >= 0.6 is 11.3 Å². The van der Waals surface area contributed by atoms with Gasteiger partial charge in [-0.05, 0) is 24.6 Å². The summed E-state index contributed by atoms with van der Waals surface area (Å²) in [5.74, 6) is 0.947. The summed E-state index contributed by atoms with van der Waals surface area (Å²) in [7, 11) is 0.0820. The standard InChI is InChI=1S/C16H18N2O5S2/c1-22-13-4-3-10(7-14(13)23-2)16-18-12(8-24-16)15(19)17-11-5-6-25(20,21)9-11/h3-4,7-8,11H,5-6,9H2,1-2H3,(H,17,19). The second-order valence-corrected chi connectivity index (χ2v) is 8.77. The summed E-state index contributed by atoms with van der Waals surface area (Å²) >= 11 is 1.33. The molecule has 0 aliphatic carbocycles. The maximum Gasteiger partial charge on any atom is 0.271 e. The van der Waals surface area contributed by atoms with E-state index < -0.39 is 9.84 Å². The molecule has 7 nitrogen and oxygen atoms in total. The molecule has 1 N–H and O–H groups in total. The van der Waals surface area contributed by atoms with Crippen molar-refractivity contribution >= 4 is 27.1 Å². The number of thiazole rings is 1. The molecule has 134 valence electrons. The van der Waals surface area contributed by atoms with Crippen LogP contribution in [0.3, 0.4) is 0 Å². The van der Waals surface area contributed by atoms with Crippen LogP contribution in [-0.2, 0) is 9.84 Å². The first-order valence-corrected chi connectivity index (χ1v) is 10.3. The maximum absolute atomic E-state index is 12.3. The van der Waals surface area contributed by atoms with Crippen LogP contribution in [0, 0.1) is 0 Å². The van der Waals surface area contributed by atoms with E-state index in [1.807, 2.05) is 6.07 Å². The molecule has 1 amide bonds. The van der Waals surface area contributed by atoms with Crippen molar-refractivity contribution in [1.82, 2.24) is 10.3 Å². The average molecular weight is 382 g/mol. The first-order chi connectivity index (χ1) is 11.9. The molecule has 0 spiro atoms. The topological polar surface area (TPSA) is 94.6 Å². The summed E-state index contributed by atoms with van der Waals surface area (Å²) < 4.78 is 33.4. The Kier molecular flexibility index (Phi) is 4.96. The normalized spacial score (nSPS) is 18.7. The van der Waals surface area contributed by atoms with Gasteiger partial charge in [-0.25, -0.2) is 13.4 Å². The van der Waals surface area contributed by atoms with Crippen LogP contribution in [0.15, 0.2) is 23.6 Å². The van der Waals surface area contributed by atoms with E-state index in [2.05, 4.69) is 10.3 Å². The zero-order valence-electron chi connectivity index (χ0n) is 13.8. The molecule has 1 fully saturated rings. The highest BCUT2D eigenvalue weighted by Crippen LogP contribution is 2.33. The fourth-order valence-electron chi connectivity index (χ4n) is 2.65. The van der Waals surface area contributed by atoms with Gasteiger partial charge in [0.2, 0.25) is 0 Å². The summed E-state index contributed by atoms with van der Waals surface area (Å²) in [6.45, 7) is 0. The molecule has 0 bridgehead atoms. The first kappa shape index (κ1) is 17.7. The monoisotopic (exact) mass is 382 g/mol. The third-order valence-corrected chi connectivity index (χ3v) is 6.59. The van der Waals surface area contributed by atoms with Gasteiger partial charge in [-0.15, -0.1) is 11.3 Å². The Balaban J connectivity index is 1.75. The lowest BCUT2D eigenvalue weighted by Gasteiger charge is -2.09. The quantitative estimate of drug-likeness (QED) is 0.847. The molecule has 2 aromatic rings. The number of carbonyl (C=O) groups excluding carboxylic acids is 1. The maximum atomic E-state index is 12.3. The molecule has 0 radical (unpaired) electrons. The predicted molar refractivity (Wildman–Crippen MR) is 95.2 cm³/mol. The highest BCUT2D eigenvalue weighted by molar-refractivity contribution is 7.91. The van der Waals surface area contributed by atoms with E-state index in [4.69, 9.17) is 9.47 Å². The zero-order chi connectivity index (χ0) is 18.0. The van der Waals surface area contributed by atoms with Gasteiger partial charge in [0.15, 0.2) is 21.3 Å². The van der Waals surface area contributed by atoms with Crippen molar-refractivity contribution < 1.29 is 22.7 Å². The summed E-state index contributed by atoms with van der Waals surface area (Å²) in [6, 6.07) is 5.07. The molecule has 1 aromatic heterocycles. The van der Waals surface area contributed by atoms with Crippen LogP contribution in [0.25, 0.3) is 10.6 Å². The molecule has 1 unspecified atom stereocenters. The molecule has 0 saturated carbocycles. The van der Waals surface area contributed by atoms with Gasteiger partial charge in [0.1, 0.15) is 10.7 Å². The number of nitrogens with zero attached hydrogens (tertiary/aromatic N) is 1. The Hall–Kier alpha value is -2.13. The Bertz CT molecular complexity index is 892. The molecule has 3 rings (SSSR count). The largest absolute Gasteiger partial charge is 0.493 e. The zero-order valence-corrected chi connectivity index (χ0v) is 15.4. The molecule has 1 aromatic carbocycles. The molecule has 1 aliphatic heterocycles. The lowest BCUT2D eigenvalue weighted by atomic mass is 10.2. The Labute approximate surface area is 149 Å². The van der Waals surface area contributed by atoms with Crippen LogP contribution in [-0.4, -0.2) is 51.1 Å². The molecular weight excluding hydrogens is 364 g/mol. The molecule has 2 heterocycles. The smallest absolute Gasteiger partial charge is 0.271 e. The lowest BCUT2D eigenvalue weighted by Crippen LogP contribution is -2.35. The van der Waals surface area contributed by atoms with E-state index in [1.165, 1.54) is 11.3 Å². The summed E-state index contributed by atoms with van der Waals surface area (Å²) in [6.07, 6.45) is 0.445. The predicted octanol–water partition coefficient (Wildman–Crippen LogP) is 1.74. The van der Waals surface area contributed by atoms with E-state index in [-0.39, 0.29) is 29.1 Å². The fraction of sp³-hybridized carbons (Fsp3) is 0.375. The number of hydrogen-bond acceptors (Lipinski definition) is 7. The molecule has 1 aliphatic rings. The van der Waals surface area contributed by atoms with Gasteiger partial charge in [0, 0.05) is 17.0 Å². The summed E-state index contributed by atoms with van der Waals surface area (Å²) in [5, 5.41) is 5.07. The van der Waals surface area contributed by atoms with Crippen molar-refractivity contribution in [3.63, 3.8) is 0 Å². The third-order valence-electron chi connectivity index (χ3n) is 3.93. The van der Waals surface area contributed by atoms with Gasteiger partial charge in [0.25, 0.3) is 5.91 Å². The van der Waals surface area contributed by atoms with Crippen LogP contribution < -0.4 is 14.8 Å². The van der Waals surface area contributed by atoms with Crippen LogP contribution in [0.2, 0.25) is 0 Å². The first-order valence-electron chi connectivity index (χ1n) is 7.61. The number of ether oxygens (including phenoxy) is 2. The van der Waals surface area contributed by atoms with Crippen molar-refractivity contribution in [2.45, 2.75) is 12.5 Å². The lowest BCUT2D eigenvalue weighted by molar-refractivity contribution is 0.0937. The number of rotatable bonds is 5. The van der Waals surface area contributed by atoms with E-state index in [9.17, 15) is 13.2 Å². The number of hydrogen-bond donors (Lipinski definition) is 1. The molecule has 1 saturated heterocycles. The van der Waals surface area contributed by atoms with Crippen molar-refractivity contribution in [2.24, 2.45) is 0 Å². The van der Waals surface area contributed by atoms with Crippen molar-refractivity contribution in [1.29, 1.82) is 0 Å². The minimum absolute atomic E-state index is 0.00852. The Morgan fingerprint density at radius 1 is 1.28 bits per heavy atom. The van der Waals surface area contributed by atoms with Crippen molar-refractivity contribution in [3.8, 4) is 22.1 Å². The second-order valence-electron chi connectivity index (χ2n) is 5.68. The molecule has 9 heteroatoms. The van der Waals surface area contributed by atoms with Gasteiger partial charge in [-0.2, -0.15) is 0 Å². The van der Waals surface area contributed by atoms with E-state index >= 15 is 0 Å². The van der Waals surface area contributed by atoms with E-state index in [0.717, 1.165) is 5.56 Å². The number of methoxy groups -OCH3 is 2. The molecule has 25 heavy (non-hydrogen) atoms. The van der Waals surface area contributed by atoms with Gasteiger partial charge in [-0.3, -0.25) is 4.79 Å². The molecule has 1 atom stereocenters. The SMILES string of the molecule is COc1ccc(-c2nc(C(=O)NC3CCS(=O)(=O)C3)cs2)cc1OC. The third kappa shape index (κ3) is 3.93. The minimum atomic E-state index is -3.03. The van der Waals surface area contributed by atoms with E-state index in [0.29, 0.717) is 22.9 Å². The van der Waals surface area contributed by atoms with Crippen molar-refractivity contribution in [2.75, 3.05) is 25.7 Å². The van der Waals surface area contributed by atoms with E-state index in [1.54, 1.807) is 31.7 Å². The highest BCUT2D eigenvalue weighted by Gasteiger charge is 2.29. The minimum Gasteiger partial charge on any atom is -0.493 e. The summed E-state index contributed by atoms with van der Waals surface area (Å²) in [4.78, 5) is 16.6. The van der Waals surface area contributed by atoms with Gasteiger partial charge < -0.3 is 14.8 Å². The van der Waals surface area contributed by atoms with Crippen LogP contribution in [0.1, 0.15) is 16.9 Å². The number of carbonyl (C=O) groups is 1. The average Bonchev–Trinajstić information content (AvgIpc) is 3.21. The number of aromatic nitrogens is 1. The summed E-state index contributed by atoms with van der Waals surface area (Å²) in [5.41, 5.74) is 1.09. The van der Waals surface area contributed by atoms with Gasteiger partial charge in [0.05, 0.1) is 25.7 Å². The van der Waals surface area contributed by atoms with Crippen LogP contribution in [0.4, 0.5) is 0 Å². The van der Waals surface area contributed by atoms with Gasteiger partial charge >= 0.3 is 0 Å². The number of benzene rings is 1. The number of amides is 1. The number of sulfone groups is 1. The van der Waals surface area contributed by atoms with Crippen molar-refractivity contribution in [3.05, 3.63) is 29.3 Å². The van der Waals surface area contributed by atoms with Crippen LogP contribution in [0.5, 0.6) is 11.5 Å². The Morgan fingerprint density at radius 3 is 2.68 bits per heavy atom. The number of nitrogens with one attached hydrogen (secondary N) is 1.